The maximum atomic E-state index is 11.7. The second kappa shape index (κ2) is 6.93. The third-order valence-electron chi connectivity index (χ3n) is 2.43. The molecule has 0 saturated heterocycles. The summed E-state index contributed by atoms with van der Waals surface area (Å²) in [5, 5.41) is 0. The number of carbonyl (C=O) groups is 1. The van der Waals surface area contributed by atoms with Gasteiger partial charge in [-0.05, 0) is 45.6 Å². The summed E-state index contributed by atoms with van der Waals surface area (Å²) in [7, 11) is 0. The molecule has 0 amide bonds. The van der Waals surface area contributed by atoms with Crippen molar-refractivity contribution in [3.63, 3.8) is 0 Å². The van der Waals surface area contributed by atoms with Gasteiger partial charge in [-0.1, -0.05) is 46.3 Å². The highest BCUT2D eigenvalue weighted by atomic mass is 79.9. The van der Waals surface area contributed by atoms with Gasteiger partial charge >= 0.3 is 5.97 Å². The molecule has 18 heavy (non-hydrogen) atoms. The molecule has 1 aromatic rings. The van der Waals surface area contributed by atoms with Crippen LogP contribution in [0.1, 0.15) is 39.2 Å². The van der Waals surface area contributed by atoms with Gasteiger partial charge in [-0.2, -0.15) is 0 Å². The Labute approximate surface area is 118 Å². The van der Waals surface area contributed by atoms with E-state index in [1.54, 1.807) is 0 Å². The van der Waals surface area contributed by atoms with E-state index in [0.717, 1.165) is 19.3 Å². The van der Waals surface area contributed by atoms with Crippen LogP contribution in [0.25, 0.3) is 0 Å². The first kappa shape index (κ1) is 15.2. The number of rotatable bonds is 5. The highest BCUT2D eigenvalue weighted by molar-refractivity contribution is 9.10. The minimum Gasteiger partial charge on any atom is -0.459 e. The zero-order chi connectivity index (χ0) is 13.6. The topological polar surface area (TPSA) is 26.3 Å². The molecule has 0 unspecified atom stereocenters. The Balaban J connectivity index is 2.29. The zero-order valence-electron chi connectivity index (χ0n) is 11.3. The van der Waals surface area contributed by atoms with Crippen LogP contribution in [0.2, 0.25) is 0 Å². The summed E-state index contributed by atoms with van der Waals surface area (Å²) in [5.74, 6) is -0.171. The van der Waals surface area contributed by atoms with Crippen LogP contribution in [0.15, 0.2) is 30.3 Å². The molecule has 0 bridgehead atoms. The highest BCUT2D eigenvalue weighted by Crippen LogP contribution is 2.17. The molecule has 1 aromatic carbocycles. The summed E-state index contributed by atoms with van der Waals surface area (Å²) < 4.78 is 5.32. The minimum atomic E-state index is -0.414. The van der Waals surface area contributed by atoms with Crippen molar-refractivity contribution in [2.45, 2.75) is 50.5 Å². The van der Waals surface area contributed by atoms with Crippen molar-refractivity contribution >= 4 is 21.9 Å². The number of aryl methyl sites for hydroxylation is 1. The monoisotopic (exact) mass is 312 g/mol. The Morgan fingerprint density at radius 2 is 1.89 bits per heavy atom. The molecule has 100 valence electrons. The first-order valence-corrected chi connectivity index (χ1v) is 7.21. The molecule has 0 fully saturated rings. The molecular weight excluding hydrogens is 292 g/mol. The van der Waals surface area contributed by atoms with Gasteiger partial charge in [0.1, 0.15) is 10.4 Å². The lowest BCUT2D eigenvalue weighted by Gasteiger charge is -2.21. The summed E-state index contributed by atoms with van der Waals surface area (Å²) in [5.41, 5.74) is 0.893. The van der Waals surface area contributed by atoms with E-state index in [2.05, 4.69) is 28.1 Å². The molecule has 2 nitrogen and oxygen atoms in total. The van der Waals surface area contributed by atoms with E-state index < -0.39 is 5.60 Å². The molecule has 1 rings (SSSR count). The Kier molecular flexibility index (Phi) is 5.86. The van der Waals surface area contributed by atoms with Crippen LogP contribution in [-0.2, 0) is 16.0 Å². The molecule has 0 spiro atoms. The number of halogens is 1. The number of hydrogen-bond acceptors (Lipinski definition) is 2. The second-order valence-corrected chi connectivity index (χ2v) is 6.48. The van der Waals surface area contributed by atoms with Crippen molar-refractivity contribution in [1.82, 2.24) is 0 Å². The highest BCUT2D eigenvalue weighted by Gasteiger charge is 2.22. The Hall–Kier alpha value is -0.830. The lowest BCUT2D eigenvalue weighted by molar-refractivity contribution is -0.154. The molecule has 0 saturated carbocycles. The van der Waals surface area contributed by atoms with Gasteiger partial charge in [0.25, 0.3) is 0 Å². The van der Waals surface area contributed by atoms with Crippen LogP contribution in [0.4, 0.5) is 0 Å². The van der Waals surface area contributed by atoms with Crippen LogP contribution in [0.3, 0.4) is 0 Å². The summed E-state index contributed by atoms with van der Waals surface area (Å²) in [4.78, 5) is 11.5. The standard InChI is InChI=1S/C15H21BrO2/c1-15(2,3)18-14(17)13(16)11-7-10-12-8-5-4-6-9-12/h4-6,8-9,13H,7,10-11H2,1-3H3/t13-/m1/s1. The summed E-state index contributed by atoms with van der Waals surface area (Å²) in [6, 6.07) is 10.3. The number of esters is 1. The largest absolute Gasteiger partial charge is 0.459 e. The van der Waals surface area contributed by atoms with Crippen molar-refractivity contribution < 1.29 is 9.53 Å². The van der Waals surface area contributed by atoms with Gasteiger partial charge in [-0.25, -0.2) is 0 Å². The van der Waals surface area contributed by atoms with Crippen LogP contribution in [-0.4, -0.2) is 16.4 Å². The smallest absolute Gasteiger partial charge is 0.320 e. The Morgan fingerprint density at radius 1 is 1.28 bits per heavy atom. The van der Waals surface area contributed by atoms with Gasteiger partial charge in [0, 0.05) is 0 Å². The van der Waals surface area contributed by atoms with Gasteiger partial charge in [0.15, 0.2) is 0 Å². The summed E-state index contributed by atoms with van der Waals surface area (Å²) >= 11 is 3.39. The number of carbonyl (C=O) groups excluding carboxylic acids is 1. The zero-order valence-corrected chi connectivity index (χ0v) is 12.9. The van der Waals surface area contributed by atoms with Crippen LogP contribution >= 0.6 is 15.9 Å². The fraction of sp³-hybridized carbons (Fsp3) is 0.533. The third-order valence-corrected chi connectivity index (χ3v) is 3.26. The van der Waals surface area contributed by atoms with E-state index in [1.807, 2.05) is 39.0 Å². The molecule has 1 atom stereocenters. The fourth-order valence-electron chi connectivity index (χ4n) is 1.61. The van der Waals surface area contributed by atoms with E-state index in [1.165, 1.54) is 5.56 Å². The lowest BCUT2D eigenvalue weighted by Crippen LogP contribution is -2.29. The molecule has 0 aromatic heterocycles. The molecule has 3 heteroatoms. The van der Waals surface area contributed by atoms with Crippen LogP contribution < -0.4 is 0 Å². The second-order valence-electron chi connectivity index (χ2n) is 5.38. The van der Waals surface area contributed by atoms with Gasteiger partial charge < -0.3 is 4.74 Å². The van der Waals surface area contributed by atoms with Gasteiger partial charge in [0.2, 0.25) is 0 Å². The Bertz CT molecular complexity index is 368. The molecular formula is C15H21BrO2. The van der Waals surface area contributed by atoms with Crippen molar-refractivity contribution in [2.24, 2.45) is 0 Å². The van der Waals surface area contributed by atoms with E-state index in [9.17, 15) is 4.79 Å². The predicted molar refractivity (Wildman–Crippen MR) is 77.9 cm³/mol. The van der Waals surface area contributed by atoms with Crippen molar-refractivity contribution in [3.8, 4) is 0 Å². The number of ether oxygens (including phenoxy) is 1. The summed E-state index contributed by atoms with van der Waals surface area (Å²) in [6.07, 6.45) is 2.76. The lowest BCUT2D eigenvalue weighted by atomic mass is 10.1. The molecule has 0 aliphatic rings. The SMILES string of the molecule is CC(C)(C)OC(=O)[C@H](Br)CCCc1ccccc1. The number of hydrogen-bond donors (Lipinski definition) is 0. The van der Waals surface area contributed by atoms with Gasteiger partial charge in [-0.3, -0.25) is 4.79 Å². The predicted octanol–water partition coefficient (Wildman–Crippen LogP) is 4.11. The quantitative estimate of drug-likeness (QED) is 0.604. The van der Waals surface area contributed by atoms with Gasteiger partial charge in [-0.15, -0.1) is 0 Å². The van der Waals surface area contributed by atoms with Gasteiger partial charge in [0.05, 0.1) is 0 Å². The minimum absolute atomic E-state index is 0.171. The Morgan fingerprint density at radius 3 is 2.44 bits per heavy atom. The van der Waals surface area contributed by atoms with E-state index in [4.69, 9.17) is 4.74 Å². The van der Waals surface area contributed by atoms with E-state index in [-0.39, 0.29) is 10.8 Å². The number of alkyl halides is 1. The first-order chi connectivity index (χ1) is 8.38. The first-order valence-electron chi connectivity index (χ1n) is 6.29. The summed E-state index contributed by atoms with van der Waals surface area (Å²) in [6.45, 7) is 5.65. The fourth-order valence-corrected chi connectivity index (χ4v) is 2.03. The average molecular weight is 313 g/mol. The maximum Gasteiger partial charge on any atom is 0.320 e. The van der Waals surface area contributed by atoms with Crippen molar-refractivity contribution in [1.29, 1.82) is 0 Å². The molecule has 0 aliphatic carbocycles. The van der Waals surface area contributed by atoms with Crippen molar-refractivity contribution in [2.75, 3.05) is 0 Å². The third kappa shape index (κ3) is 6.20. The molecule has 0 aliphatic heterocycles. The average Bonchev–Trinajstić information content (AvgIpc) is 2.28. The molecule has 0 N–H and O–H groups in total. The molecule has 0 radical (unpaired) electrons. The molecule has 0 heterocycles. The number of benzene rings is 1. The van der Waals surface area contributed by atoms with E-state index in [0.29, 0.717) is 0 Å². The normalized spacial score (nSPS) is 13.1. The van der Waals surface area contributed by atoms with E-state index >= 15 is 0 Å². The van der Waals surface area contributed by atoms with Crippen molar-refractivity contribution in [3.05, 3.63) is 35.9 Å². The maximum absolute atomic E-state index is 11.7. The van der Waals surface area contributed by atoms with Crippen LogP contribution in [0, 0.1) is 0 Å². The van der Waals surface area contributed by atoms with Crippen LogP contribution in [0.5, 0.6) is 0 Å².